The number of hydrogen-bond donors (Lipinski definition) is 1. The Morgan fingerprint density at radius 1 is 1.10 bits per heavy atom. The van der Waals surface area contributed by atoms with Gasteiger partial charge in [-0.3, -0.25) is 0 Å². The third-order valence-electron chi connectivity index (χ3n) is 2.92. The molecule has 0 aliphatic heterocycles. The molecule has 1 atom stereocenters. The topological polar surface area (TPSA) is 61.1 Å². The quantitative estimate of drug-likeness (QED) is 0.904. The molecule has 1 aromatic heterocycles. The average molecular weight is 343 g/mol. The third-order valence-corrected chi connectivity index (χ3v) is 3.57. The van der Waals surface area contributed by atoms with Crippen molar-refractivity contribution in [3.05, 3.63) is 40.3 Å². The Hall–Kier alpha value is -1.66. The smallest absolute Gasteiger partial charge is 0.151 e. The fourth-order valence-corrected chi connectivity index (χ4v) is 2.35. The largest absolute Gasteiger partial charge is 0.496 e. The van der Waals surface area contributed by atoms with Crippen molar-refractivity contribution in [2.24, 2.45) is 0 Å². The number of halogens is 1. The van der Waals surface area contributed by atoms with E-state index in [0.29, 0.717) is 33.0 Å². The van der Waals surface area contributed by atoms with Crippen LogP contribution in [0.1, 0.15) is 17.4 Å². The van der Waals surface area contributed by atoms with Gasteiger partial charge in [-0.05, 0) is 22.0 Å². The van der Waals surface area contributed by atoms with Crippen LogP contribution >= 0.6 is 15.9 Å². The van der Waals surface area contributed by atoms with Gasteiger partial charge < -0.3 is 23.7 Å². The average Bonchev–Trinajstić information content (AvgIpc) is 2.91. The summed E-state index contributed by atoms with van der Waals surface area (Å²) < 4.78 is 21.8. The Kier molecular flexibility index (Phi) is 4.57. The van der Waals surface area contributed by atoms with Gasteiger partial charge in [0.1, 0.15) is 23.4 Å². The molecule has 0 fully saturated rings. The first-order valence-electron chi connectivity index (χ1n) is 5.83. The van der Waals surface area contributed by atoms with Gasteiger partial charge in [0.05, 0.1) is 37.6 Å². The summed E-state index contributed by atoms with van der Waals surface area (Å²) in [4.78, 5) is 0. The van der Waals surface area contributed by atoms with Crippen molar-refractivity contribution in [1.82, 2.24) is 0 Å². The Morgan fingerprint density at radius 3 is 2.10 bits per heavy atom. The number of aliphatic hydroxyl groups excluding tert-OH is 1. The van der Waals surface area contributed by atoms with E-state index in [9.17, 15) is 5.11 Å². The number of ether oxygens (including phenoxy) is 3. The van der Waals surface area contributed by atoms with Crippen LogP contribution in [0.25, 0.3) is 0 Å². The van der Waals surface area contributed by atoms with Crippen LogP contribution in [0.4, 0.5) is 0 Å². The first-order chi connectivity index (χ1) is 9.62. The Bertz CT molecular complexity index is 568. The molecule has 1 unspecified atom stereocenters. The lowest BCUT2D eigenvalue weighted by Gasteiger charge is -2.18. The van der Waals surface area contributed by atoms with E-state index in [-0.39, 0.29) is 0 Å². The molecule has 1 aromatic carbocycles. The first kappa shape index (κ1) is 14.7. The van der Waals surface area contributed by atoms with E-state index in [2.05, 4.69) is 15.9 Å². The molecular weight excluding hydrogens is 328 g/mol. The van der Waals surface area contributed by atoms with E-state index in [4.69, 9.17) is 18.6 Å². The Labute approximate surface area is 125 Å². The van der Waals surface area contributed by atoms with Gasteiger partial charge in [-0.25, -0.2) is 0 Å². The summed E-state index contributed by atoms with van der Waals surface area (Å²) in [5.41, 5.74) is 0.478. The van der Waals surface area contributed by atoms with Crippen molar-refractivity contribution < 1.29 is 23.7 Å². The number of furan rings is 1. The maximum Gasteiger partial charge on any atom is 0.151 e. The normalized spacial score (nSPS) is 12.1. The van der Waals surface area contributed by atoms with Gasteiger partial charge in [0.15, 0.2) is 5.76 Å². The molecule has 0 saturated carbocycles. The Morgan fingerprint density at radius 2 is 1.70 bits per heavy atom. The molecule has 6 heteroatoms. The molecule has 2 aromatic rings. The van der Waals surface area contributed by atoms with Gasteiger partial charge in [0.2, 0.25) is 0 Å². The molecule has 0 aliphatic carbocycles. The predicted octanol–water partition coefficient (Wildman–Crippen LogP) is 3.15. The van der Waals surface area contributed by atoms with Crippen LogP contribution in [0.15, 0.2) is 33.4 Å². The van der Waals surface area contributed by atoms with Gasteiger partial charge in [0, 0.05) is 12.1 Å². The zero-order chi connectivity index (χ0) is 14.7. The van der Waals surface area contributed by atoms with E-state index < -0.39 is 6.10 Å². The minimum Gasteiger partial charge on any atom is -0.496 e. The monoisotopic (exact) mass is 342 g/mol. The summed E-state index contributed by atoms with van der Waals surface area (Å²) in [5, 5.41) is 10.5. The van der Waals surface area contributed by atoms with Gasteiger partial charge in [-0.1, -0.05) is 0 Å². The lowest BCUT2D eigenvalue weighted by atomic mass is 10.0. The van der Waals surface area contributed by atoms with Crippen molar-refractivity contribution in [2.75, 3.05) is 21.3 Å². The van der Waals surface area contributed by atoms with Crippen molar-refractivity contribution >= 4 is 15.9 Å². The summed E-state index contributed by atoms with van der Waals surface area (Å²) in [6, 6.07) is 5.07. The van der Waals surface area contributed by atoms with Crippen molar-refractivity contribution in [1.29, 1.82) is 0 Å². The molecule has 0 amide bonds. The summed E-state index contributed by atoms with van der Waals surface area (Å²) in [7, 11) is 4.58. The van der Waals surface area contributed by atoms with Crippen molar-refractivity contribution in [3.63, 3.8) is 0 Å². The molecule has 20 heavy (non-hydrogen) atoms. The fraction of sp³-hybridized carbons (Fsp3) is 0.286. The second-order valence-corrected chi connectivity index (χ2v) is 4.84. The third kappa shape index (κ3) is 2.62. The van der Waals surface area contributed by atoms with Crippen molar-refractivity contribution in [2.45, 2.75) is 6.10 Å². The summed E-state index contributed by atoms with van der Waals surface area (Å²) >= 11 is 3.33. The highest BCUT2D eigenvalue weighted by Gasteiger charge is 2.26. The molecule has 0 saturated heterocycles. The van der Waals surface area contributed by atoms with Crippen molar-refractivity contribution in [3.8, 4) is 17.2 Å². The highest BCUT2D eigenvalue weighted by molar-refractivity contribution is 9.10. The van der Waals surface area contributed by atoms with Crippen LogP contribution in [0.2, 0.25) is 0 Å². The van der Waals surface area contributed by atoms with E-state index >= 15 is 0 Å². The van der Waals surface area contributed by atoms with Crippen LogP contribution in [-0.4, -0.2) is 26.4 Å². The zero-order valence-electron chi connectivity index (χ0n) is 11.3. The van der Waals surface area contributed by atoms with Crippen LogP contribution in [-0.2, 0) is 0 Å². The van der Waals surface area contributed by atoms with Crippen LogP contribution in [0.5, 0.6) is 17.2 Å². The minimum absolute atomic E-state index is 0.381. The summed E-state index contributed by atoms with van der Waals surface area (Å²) in [6.45, 7) is 0. The van der Waals surface area contributed by atoms with E-state index in [1.54, 1.807) is 25.3 Å². The first-order valence-corrected chi connectivity index (χ1v) is 6.62. The van der Waals surface area contributed by atoms with Crippen LogP contribution in [0.3, 0.4) is 0 Å². The summed E-state index contributed by atoms with van der Waals surface area (Å²) in [5.74, 6) is 1.87. The number of hydrogen-bond acceptors (Lipinski definition) is 5. The van der Waals surface area contributed by atoms with Crippen LogP contribution < -0.4 is 14.2 Å². The molecule has 0 aliphatic rings. The number of methoxy groups -OCH3 is 3. The maximum atomic E-state index is 10.5. The number of aliphatic hydroxyl groups is 1. The molecule has 1 heterocycles. The lowest BCUT2D eigenvalue weighted by molar-refractivity contribution is 0.179. The minimum atomic E-state index is -1.02. The lowest BCUT2D eigenvalue weighted by Crippen LogP contribution is -2.05. The van der Waals surface area contributed by atoms with Gasteiger partial charge in [0.25, 0.3) is 0 Å². The van der Waals surface area contributed by atoms with Gasteiger partial charge in [-0.15, -0.1) is 0 Å². The van der Waals surface area contributed by atoms with Crippen LogP contribution in [0, 0.1) is 0 Å². The highest BCUT2D eigenvalue weighted by atomic mass is 79.9. The highest BCUT2D eigenvalue weighted by Crippen LogP contribution is 2.42. The van der Waals surface area contributed by atoms with Gasteiger partial charge in [-0.2, -0.15) is 0 Å². The van der Waals surface area contributed by atoms with E-state index in [1.807, 2.05) is 0 Å². The number of benzene rings is 1. The fourth-order valence-electron chi connectivity index (χ4n) is 1.93. The van der Waals surface area contributed by atoms with E-state index in [1.165, 1.54) is 20.5 Å². The zero-order valence-corrected chi connectivity index (χ0v) is 12.9. The molecule has 108 valence electrons. The molecular formula is C14H15BrO5. The molecule has 1 N–H and O–H groups in total. The molecule has 5 nitrogen and oxygen atoms in total. The maximum absolute atomic E-state index is 10.5. The van der Waals surface area contributed by atoms with E-state index in [0.717, 1.165) is 0 Å². The number of rotatable bonds is 5. The van der Waals surface area contributed by atoms with Gasteiger partial charge >= 0.3 is 0 Å². The predicted molar refractivity (Wildman–Crippen MR) is 76.6 cm³/mol. The Balaban J connectivity index is 2.57. The SMILES string of the molecule is COc1cc(OC)c(C(O)c2occc2Br)c(OC)c1. The molecule has 0 bridgehead atoms. The molecule has 2 rings (SSSR count). The summed E-state index contributed by atoms with van der Waals surface area (Å²) in [6.07, 6.45) is 0.473. The molecule has 0 radical (unpaired) electrons. The second-order valence-electron chi connectivity index (χ2n) is 3.98. The second kappa shape index (κ2) is 6.19. The standard InChI is InChI=1S/C14H15BrO5/c1-17-8-6-10(18-2)12(11(7-8)19-3)13(16)14-9(15)4-5-20-14/h4-7,13,16H,1-3H3. The molecule has 0 spiro atoms.